The summed E-state index contributed by atoms with van der Waals surface area (Å²) < 4.78 is 24.9. The number of nitrogens with one attached hydrogen (secondary N) is 1. The number of hydrogen-bond acceptors (Lipinski definition) is 7. The lowest BCUT2D eigenvalue weighted by molar-refractivity contribution is 0.171. The van der Waals surface area contributed by atoms with Gasteiger partial charge < -0.3 is 5.11 Å². The second-order valence-corrected chi connectivity index (χ2v) is 5.57. The molecule has 0 aliphatic carbocycles. The van der Waals surface area contributed by atoms with E-state index in [1.807, 2.05) is 0 Å². The Balaban J connectivity index is 2.96. The number of aromatic nitrogens is 2. The molecule has 1 rings (SSSR count). The normalized spacial score (nSPS) is 13.7. The zero-order chi connectivity index (χ0) is 13.1. The fourth-order valence-electron chi connectivity index (χ4n) is 1.17. The molecule has 0 saturated heterocycles. The highest BCUT2D eigenvalue weighted by molar-refractivity contribution is 7.89. The molecule has 0 aliphatic heterocycles. The van der Waals surface area contributed by atoms with Gasteiger partial charge >= 0.3 is 0 Å². The maximum Gasteiger partial charge on any atom is 0.245 e. The number of likely N-dealkylation sites (N-methyl/N-ethyl adjacent to an activating group) is 1. The van der Waals surface area contributed by atoms with Crippen LogP contribution in [0.3, 0.4) is 0 Å². The lowest BCUT2D eigenvalue weighted by Gasteiger charge is -2.18. The summed E-state index contributed by atoms with van der Waals surface area (Å²) in [6.07, 6.45) is 1.55. The van der Waals surface area contributed by atoms with Crippen LogP contribution in [-0.2, 0) is 10.0 Å². The van der Waals surface area contributed by atoms with Crippen molar-refractivity contribution in [2.75, 3.05) is 19.0 Å². The van der Waals surface area contributed by atoms with E-state index >= 15 is 0 Å². The standard InChI is InChI=1S/C8H15N5O3S/c1-6(14)5-13(2)17(15,16)7-3-10-8(12-9)11-4-7/h3-4,6,14H,5,9H2,1-2H3,(H,10,11,12). The highest BCUT2D eigenvalue weighted by atomic mass is 32.2. The van der Waals surface area contributed by atoms with Gasteiger partial charge in [-0.3, -0.25) is 5.43 Å². The molecule has 1 unspecified atom stereocenters. The van der Waals surface area contributed by atoms with E-state index in [4.69, 9.17) is 10.9 Å². The summed E-state index contributed by atoms with van der Waals surface area (Å²) in [6.45, 7) is 1.50. The fraction of sp³-hybridized carbons (Fsp3) is 0.500. The van der Waals surface area contributed by atoms with Crippen molar-refractivity contribution in [3.63, 3.8) is 0 Å². The van der Waals surface area contributed by atoms with Crippen LogP contribution in [0, 0.1) is 0 Å². The molecule has 0 radical (unpaired) electrons. The van der Waals surface area contributed by atoms with Gasteiger partial charge in [0.2, 0.25) is 16.0 Å². The van der Waals surface area contributed by atoms with Gasteiger partial charge in [0.15, 0.2) is 0 Å². The maximum absolute atomic E-state index is 12.0. The molecule has 9 heteroatoms. The predicted octanol–water partition coefficient (Wildman–Crippen LogP) is -1.24. The average molecular weight is 261 g/mol. The number of nitrogen functional groups attached to an aromatic ring is 1. The Hall–Kier alpha value is -1.29. The minimum Gasteiger partial charge on any atom is -0.392 e. The van der Waals surface area contributed by atoms with E-state index in [0.717, 1.165) is 16.7 Å². The van der Waals surface area contributed by atoms with Crippen molar-refractivity contribution in [2.45, 2.75) is 17.9 Å². The Morgan fingerprint density at radius 2 is 2.06 bits per heavy atom. The number of nitrogens with zero attached hydrogens (tertiary/aromatic N) is 3. The van der Waals surface area contributed by atoms with Crippen LogP contribution in [0.25, 0.3) is 0 Å². The smallest absolute Gasteiger partial charge is 0.245 e. The van der Waals surface area contributed by atoms with Gasteiger partial charge in [-0.05, 0) is 6.92 Å². The average Bonchev–Trinajstić information content (AvgIpc) is 2.28. The van der Waals surface area contributed by atoms with Gasteiger partial charge in [-0.1, -0.05) is 0 Å². The van der Waals surface area contributed by atoms with Crippen molar-refractivity contribution in [1.82, 2.24) is 14.3 Å². The van der Waals surface area contributed by atoms with Crippen molar-refractivity contribution < 1.29 is 13.5 Å². The molecule has 1 heterocycles. The SMILES string of the molecule is CC(O)CN(C)S(=O)(=O)c1cnc(NN)nc1. The zero-order valence-corrected chi connectivity index (χ0v) is 10.3. The molecule has 8 nitrogen and oxygen atoms in total. The highest BCUT2D eigenvalue weighted by Crippen LogP contribution is 2.12. The van der Waals surface area contributed by atoms with Crippen LogP contribution in [0.2, 0.25) is 0 Å². The molecule has 0 aliphatic rings. The minimum absolute atomic E-state index is 0.000770. The quantitative estimate of drug-likeness (QED) is 0.448. The molecule has 1 atom stereocenters. The van der Waals surface area contributed by atoms with Crippen LogP contribution in [0.1, 0.15) is 6.92 Å². The molecule has 96 valence electrons. The Labute approximate surface area is 99.5 Å². The first kappa shape index (κ1) is 13.8. The monoisotopic (exact) mass is 261 g/mol. The number of nitrogens with two attached hydrogens (primary N) is 1. The van der Waals surface area contributed by atoms with E-state index in [2.05, 4.69) is 15.4 Å². The molecule has 17 heavy (non-hydrogen) atoms. The molecule has 0 spiro atoms. The predicted molar refractivity (Wildman–Crippen MR) is 61.3 cm³/mol. The molecule has 0 amide bonds. The second kappa shape index (κ2) is 5.36. The Morgan fingerprint density at radius 3 is 2.47 bits per heavy atom. The largest absolute Gasteiger partial charge is 0.392 e. The lowest BCUT2D eigenvalue weighted by Crippen LogP contribution is -2.33. The molecule has 4 N–H and O–H groups in total. The van der Waals surface area contributed by atoms with Gasteiger partial charge in [0.05, 0.1) is 18.5 Å². The molecule has 0 saturated carbocycles. The first-order valence-corrected chi connectivity index (χ1v) is 6.25. The van der Waals surface area contributed by atoms with E-state index in [-0.39, 0.29) is 17.4 Å². The fourth-order valence-corrected chi connectivity index (χ4v) is 2.32. The molecule has 0 fully saturated rings. The van der Waals surface area contributed by atoms with E-state index in [0.29, 0.717) is 0 Å². The minimum atomic E-state index is -3.68. The maximum atomic E-state index is 12.0. The number of aliphatic hydroxyl groups excluding tert-OH is 1. The summed E-state index contributed by atoms with van der Waals surface area (Å²) in [5.41, 5.74) is 2.20. The van der Waals surface area contributed by atoms with Gasteiger partial charge in [-0.25, -0.2) is 24.2 Å². The van der Waals surface area contributed by atoms with Crippen molar-refractivity contribution in [3.05, 3.63) is 12.4 Å². The molecule has 0 bridgehead atoms. The number of sulfonamides is 1. The van der Waals surface area contributed by atoms with E-state index < -0.39 is 16.1 Å². The van der Waals surface area contributed by atoms with Crippen molar-refractivity contribution in [1.29, 1.82) is 0 Å². The number of hydrazine groups is 1. The zero-order valence-electron chi connectivity index (χ0n) is 9.53. The van der Waals surface area contributed by atoms with E-state index in [1.165, 1.54) is 14.0 Å². The first-order chi connectivity index (χ1) is 7.87. The van der Waals surface area contributed by atoms with Crippen LogP contribution in [0.4, 0.5) is 5.95 Å². The number of anilines is 1. The third-order valence-electron chi connectivity index (χ3n) is 1.99. The van der Waals surface area contributed by atoms with E-state index in [9.17, 15) is 8.42 Å². The van der Waals surface area contributed by atoms with Crippen LogP contribution in [0.15, 0.2) is 17.3 Å². The summed E-state index contributed by atoms with van der Waals surface area (Å²) in [5.74, 6) is 5.19. The van der Waals surface area contributed by atoms with Crippen LogP contribution in [-0.4, -0.2) is 47.5 Å². The van der Waals surface area contributed by atoms with Gasteiger partial charge in [-0.15, -0.1) is 0 Å². The summed E-state index contributed by atoms with van der Waals surface area (Å²) in [5, 5.41) is 9.15. The number of hydrogen-bond donors (Lipinski definition) is 3. The van der Waals surface area contributed by atoms with Crippen molar-refractivity contribution in [2.24, 2.45) is 5.84 Å². The first-order valence-electron chi connectivity index (χ1n) is 4.81. The molecule has 0 aromatic carbocycles. The van der Waals surface area contributed by atoms with Crippen molar-refractivity contribution in [3.8, 4) is 0 Å². The van der Waals surface area contributed by atoms with Gasteiger partial charge in [0, 0.05) is 13.6 Å². The van der Waals surface area contributed by atoms with Crippen LogP contribution in [0.5, 0.6) is 0 Å². The topological polar surface area (TPSA) is 121 Å². The third-order valence-corrected chi connectivity index (χ3v) is 3.76. The van der Waals surface area contributed by atoms with Gasteiger partial charge in [0.1, 0.15) is 4.90 Å². The number of rotatable bonds is 5. The van der Waals surface area contributed by atoms with Crippen LogP contribution < -0.4 is 11.3 Å². The Kier molecular flexibility index (Phi) is 4.34. The second-order valence-electron chi connectivity index (χ2n) is 3.52. The molecule has 1 aromatic rings. The van der Waals surface area contributed by atoms with Gasteiger partial charge in [0.25, 0.3) is 0 Å². The molecule has 1 aromatic heterocycles. The Morgan fingerprint density at radius 1 is 1.53 bits per heavy atom. The lowest BCUT2D eigenvalue weighted by atomic mass is 10.4. The summed E-state index contributed by atoms with van der Waals surface area (Å²) in [7, 11) is -2.31. The number of aliphatic hydroxyl groups is 1. The summed E-state index contributed by atoms with van der Waals surface area (Å²) in [4.78, 5) is 7.36. The van der Waals surface area contributed by atoms with E-state index in [1.54, 1.807) is 0 Å². The van der Waals surface area contributed by atoms with Gasteiger partial charge in [-0.2, -0.15) is 4.31 Å². The van der Waals surface area contributed by atoms with Crippen LogP contribution >= 0.6 is 0 Å². The molecular formula is C8H15N5O3S. The highest BCUT2D eigenvalue weighted by Gasteiger charge is 2.22. The summed E-state index contributed by atoms with van der Waals surface area (Å²) in [6, 6.07) is 0. The Bertz CT molecular complexity index is 459. The van der Waals surface area contributed by atoms with Crippen molar-refractivity contribution >= 4 is 16.0 Å². The summed E-state index contributed by atoms with van der Waals surface area (Å²) >= 11 is 0. The molecular weight excluding hydrogens is 246 g/mol. The third kappa shape index (κ3) is 3.33.